The van der Waals surface area contributed by atoms with Crippen molar-refractivity contribution in [3.8, 4) is 0 Å². The van der Waals surface area contributed by atoms with Crippen LogP contribution >= 0.6 is 0 Å². The molecule has 4 rings (SSSR count). The van der Waals surface area contributed by atoms with E-state index in [1.807, 2.05) is 0 Å². The van der Waals surface area contributed by atoms with Gasteiger partial charge in [0.2, 0.25) is 17.9 Å². The van der Waals surface area contributed by atoms with E-state index < -0.39 is 58.1 Å². The second-order valence-corrected chi connectivity index (χ2v) is 8.78. The van der Waals surface area contributed by atoms with Gasteiger partial charge in [-0.1, -0.05) is 67.6 Å². The molecule has 2 aromatic rings. The van der Waals surface area contributed by atoms with Gasteiger partial charge in [0.25, 0.3) is 0 Å². The number of urea groups is 1. The second-order valence-electron chi connectivity index (χ2n) is 8.78. The molecule has 0 radical (unpaired) electrons. The van der Waals surface area contributed by atoms with Crippen molar-refractivity contribution < 1.29 is 24.4 Å². The minimum atomic E-state index is -2.22. The first-order valence-electron chi connectivity index (χ1n) is 10.7. The van der Waals surface area contributed by atoms with Crippen LogP contribution in [-0.2, 0) is 9.59 Å². The van der Waals surface area contributed by atoms with Crippen molar-refractivity contribution in [1.29, 1.82) is 0 Å². The maximum atomic E-state index is 13.7. The predicted octanol–water partition coefficient (Wildman–Crippen LogP) is 2.25. The normalized spacial score (nSPS) is 29.5. The van der Waals surface area contributed by atoms with E-state index in [4.69, 9.17) is 0 Å². The number of aliphatic hydroxyl groups is 1. The van der Waals surface area contributed by atoms with Crippen LogP contribution < -0.4 is 0 Å². The summed E-state index contributed by atoms with van der Waals surface area (Å²) in [7, 11) is 2.44. The van der Waals surface area contributed by atoms with Gasteiger partial charge < -0.3 is 5.11 Å². The second kappa shape index (κ2) is 8.08. The molecule has 1 saturated heterocycles. The van der Waals surface area contributed by atoms with Crippen molar-refractivity contribution in [2.24, 2.45) is 11.3 Å². The molecule has 1 aliphatic carbocycles. The quantitative estimate of drug-likeness (QED) is 0.434. The van der Waals surface area contributed by atoms with Crippen LogP contribution in [0.4, 0.5) is 4.79 Å². The highest BCUT2D eigenvalue weighted by molar-refractivity contribution is 6.20. The number of hydrogen-bond acceptors (Lipinski definition) is 6. The number of amides is 4. The summed E-state index contributed by atoms with van der Waals surface area (Å²) < 4.78 is 0. The number of rotatable bonds is 3. The Kier molecular flexibility index (Phi) is 5.53. The average molecular weight is 451 g/mol. The Bertz CT molecular complexity index is 1080. The number of barbiturate groups is 1. The molecule has 9 heteroatoms. The topological polar surface area (TPSA) is 121 Å². The van der Waals surface area contributed by atoms with Gasteiger partial charge in [-0.15, -0.1) is 0 Å². The highest BCUT2D eigenvalue weighted by Gasteiger charge is 2.73. The summed E-state index contributed by atoms with van der Waals surface area (Å²) >= 11 is 0. The zero-order chi connectivity index (χ0) is 24.1. The number of carbonyl (C=O) groups is 3. The monoisotopic (exact) mass is 451 g/mol. The van der Waals surface area contributed by atoms with Crippen molar-refractivity contribution in [2.75, 3.05) is 14.1 Å². The van der Waals surface area contributed by atoms with Crippen LogP contribution in [0.5, 0.6) is 0 Å². The maximum Gasteiger partial charge on any atom is 0.332 e. The fraction of sp³-hybridized carbons (Fsp3) is 0.375. The highest BCUT2D eigenvalue weighted by atomic mass is 16.6. The molecule has 33 heavy (non-hydrogen) atoms. The molecule has 0 bridgehead atoms. The van der Waals surface area contributed by atoms with Crippen molar-refractivity contribution in [1.82, 2.24) is 9.80 Å². The van der Waals surface area contributed by atoms with Gasteiger partial charge in [0, 0.05) is 19.0 Å². The lowest BCUT2D eigenvalue weighted by atomic mass is 9.51. The summed E-state index contributed by atoms with van der Waals surface area (Å²) in [4.78, 5) is 53.6. The van der Waals surface area contributed by atoms with Crippen LogP contribution in [0.15, 0.2) is 60.7 Å². The van der Waals surface area contributed by atoms with Gasteiger partial charge in [-0.2, -0.15) is 0 Å². The van der Waals surface area contributed by atoms with Crippen LogP contribution in [0.1, 0.15) is 29.9 Å². The molecule has 172 valence electrons. The third-order valence-electron chi connectivity index (χ3n) is 7.21. The SMILES string of the molecule is C[C@@H]1[C@@H](c2ccccc2)[C@H]([N+](=O)[O-])[C@@H](c2ccccc2)C2(C(=O)N(C)C(=O)N(C)C2=O)[C@H]1O. The van der Waals surface area contributed by atoms with Crippen LogP contribution in [0.25, 0.3) is 0 Å². The zero-order valence-electron chi connectivity index (χ0n) is 18.5. The standard InChI is InChI=1S/C24H25N3O6/c1-14-17(15-10-6-4-7-11-15)19(27(32)33)18(16-12-8-5-9-13-16)24(20(14)28)21(29)25(2)23(31)26(3)22(24)30/h4-14,17-20,28H,1-3H3/t14-,17+,18-,19+,20+/m1/s1. The summed E-state index contributed by atoms with van der Waals surface area (Å²) in [6.07, 6.45) is -1.57. The number of nitro groups is 1. The third-order valence-corrected chi connectivity index (χ3v) is 7.21. The van der Waals surface area contributed by atoms with Crippen molar-refractivity contribution in [3.05, 3.63) is 81.9 Å². The summed E-state index contributed by atoms with van der Waals surface area (Å²) in [5.41, 5.74) is -1.21. The fourth-order valence-electron chi connectivity index (χ4n) is 5.70. The molecule has 4 amide bonds. The van der Waals surface area contributed by atoms with Gasteiger partial charge >= 0.3 is 6.03 Å². The van der Waals surface area contributed by atoms with Crippen molar-refractivity contribution in [2.45, 2.75) is 30.9 Å². The minimum absolute atomic E-state index is 0.379. The molecule has 2 aliphatic rings. The molecule has 0 aromatic heterocycles. The number of aliphatic hydroxyl groups excluding tert-OH is 1. The summed E-state index contributed by atoms with van der Waals surface area (Å²) in [5, 5.41) is 24.3. The van der Waals surface area contributed by atoms with E-state index >= 15 is 0 Å². The zero-order valence-corrected chi connectivity index (χ0v) is 18.5. The Morgan fingerprint density at radius 2 is 1.33 bits per heavy atom. The van der Waals surface area contributed by atoms with E-state index in [1.165, 1.54) is 14.1 Å². The molecule has 2 fully saturated rings. The molecule has 5 atom stereocenters. The molecule has 0 unspecified atom stereocenters. The number of nitrogens with zero attached hydrogens (tertiary/aromatic N) is 3. The molecular weight excluding hydrogens is 426 g/mol. The Morgan fingerprint density at radius 1 is 0.879 bits per heavy atom. The van der Waals surface area contributed by atoms with Crippen LogP contribution in [0.2, 0.25) is 0 Å². The lowest BCUT2D eigenvalue weighted by Crippen LogP contribution is -2.73. The lowest BCUT2D eigenvalue weighted by Gasteiger charge is -2.54. The lowest BCUT2D eigenvalue weighted by molar-refractivity contribution is -0.540. The third kappa shape index (κ3) is 3.06. The van der Waals surface area contributed by atoms with Crippen LogP contribution in [0, 0.1) is 21.4 Å². The Balaban J connectivity index is 2.05. The minimum Gasteiger partial charge on any atom is -0.391 e. The number of imide groups is 2. The van der Waals surface area contributed by atoms with E-state index in [-0.39, 0.29) is 0 Å². The Morgan fingerprint density at radius 3 is 1.79 bits per heavy atom. The van der Waals surface area contributed by atoms with Crippen LogP contribution in [0.3, 0.4) is 0 Å². The van der Waals surface area contributed by atoms with Gasteiger partial charge in [0.1, 0.15) is 0 Å². The first kappa shape index (κ1) is 22.6. The molecular formula is C24H25N3O6. The fourth-order valence-corrected chi connectivity index (χ4v) is 5.70. The molecule has 1 N–H and O–H groups in total. The molecule has 9 nitrogen and oxygen atoms in total. The number of carbonyl (C=O) groups excluding carboxylic acids is 3. The van der Waals surface area contributed by atoms with Gasteiger partial charge in [0.15, 0.2) is 5.41 Å². The first-order chi connectivity index (χ1) is 15.7. The van der Waals surface area contributed by atoms with Gasteiger partial charge in [-0.25, -0.2) is 4.79 Å². The Hall–Kier alpha value is -3.59. The predicted molar refractivity (Wildman–Crippen MR) is 118 cm³/mol. The molecule has 1 aliphatic heterocycles. The number of benzene rings is 2. The maximum absolute atomic E-state index is 13.7. The summed E-state index contributed by atoms with van der Waals surface area (Å²) in [5.74, 6) is -4.76. The number of hydrogen-bond donors (Lipinski definition) is 1. The van der Waals surface area contributed by atoms with E-state index in [9.17, 15) is 29.6 Å². The van der Waals surface area contributed by atoms with E-state index in [0.29, 0.717) is 11.1 Å². The van der Waals surface area contributed by atoms with E-state index in [1.54, 1.807) is 67.6 Å². The molecule has 1 saturated carbocycles. The first-order valence-corrected chi connectivity index (χ1v) is 10.7. The smallest absolute Gasteiger partial charge is 0.332 e. The van der Waals surface area contributed by atoms with Gasteiger partial charge in [-0.05, 0) is 17.0 Å². The highest BCUT2D eigenvalue weighted by Crippen LogP contribution is 2.57. The average Bonchev–Trinajstić information content (AvgIpc) is 2.83. The van der Waals surface area contributed by atoms with E-state index in [2.05, 4.69) is 0 Å². The largest absolute Gasteiger partial charge is 0.391 e. The van der Waals surface area contributed by atoms with Crippen LogP contribution in [-0.4, -0.2) is 63.9 Å². The Labute approximate surface area is 190 Å². The molecule has 2 aromatic carbocycles. The van der Waals surface area contributed by atoms with Crippen molar-refractivity contribution >= 4 is 17.8 Å². The van der Waals surface area contributed by atoms with Gasteiger partial charge in [0.05, 0.1) is 17.9 Å². The molecule has 1 spiro atoms. The van der Waals surface area contributed by atoms with Gasteiger partial charge in [-0.3, -0.25) is 29.5 Å². The summed E-state index contributed by atoms with van der Waals surface area (Å²) in [6, 6.07) is 14.8. The van der Waals surface area contributed by atoms with Crippen molar-refractivity contribution in [3.63, 3.8) is 0 Å². The molecule has 1 heterocycles. The summed E-state index contributed by atoms with van der Waals surface area (Å²) in [6.45, 7) is 1.61. The van der Waals surface area contributed by atoms with E-state index in [0.717, 1.165) is 9.80 Å².